The Hall–Kier alpha value is -1.75. The molecule has 2 aliphatic heterocycles. The molecule has 0 aromatic heterocycles. The van der Waals surface area contributed by atoms with Crippen molar-refractivity contribution in [1.29, 1.82) is 0 Å². The van der Waals surface area contributed by atoms with E-state index in [2.05, 4.69) is 17.3 Å². The number of anilines is 1. The predicted octanol–water partition coefficient (Wildman–Crippen LogP) is 2.52. The fourth-order valence-corrected chi connectivity index (χ4v) is 3.03. The number of carbonyl (C=O) groups excluding carboxylic acids is 1. The van der Waals surface area contributed by atoms with Gasteiger partial charge in [0.25, 0.3) is 0 Å². The monoisotopic (exact) mass is 304 g/mol. The van der Waals surface area contributed by atoms with Gasteiger partial charge in [-0.3, -0.25) is 4.79 Å². The lowest BCUT2D eigenvalue weighted by molar-refractivity contribution is -0.116. The molecule has 22 heavy (non-hydrogen) atoms. The molecule has 0 saturated carbocycles. The topological polar surface area (TPSA) is 50.8 Å². The van der Waals surface area contributed by atoms with Gasteiger partial charge in [-0.15, -0.1) is 0 Å². The van der Waals surface area contributed by atoms with Crippen molar-refractivity contribution in [3.63, 3.8) is 0 Å². The third-order valence-electron chi connectivity index (χ3n) is 4.44. The van der Waals surface area contributed by atoms with Crippen LogP contribution in [0.2, 0.25) is 0 Å². The standard InChI is InChI=1S/C17H24N2O3/c1-19-8-6-13(7-9-19)2-5-17(20)18-14-3-4-15-16(12-14)22-11-10-21-15/h3-4,12-13H,2,5-11H2,1H3,(H,18,20). The van der Waals surface area contributed by atoms with Crippen LogP contribution in [0, 0.1) is 5.92 Å². The minimum Gasteiger partial charge on any atom is -0.486 e. The van der Waals surface area contributed by atoms with E-state index in [0.29, 0.717) is 31.3 Å². The van der Waals surface area contributed by atoms with Gasteiger partial charge in [0, 0.05) is 18.2 Å². The van der Waals surface area contributed by atoms with Gasteiger partial charge in [-0.05, 0) is 57.5 Å². The van der Waals surface area contributed by atoms with E-state index in [1.54, 1.807) is 0 Å². The molecule has 3 rings (SSSR count). The fraction of sp³-hybridized carbons (Fsp3) is 0.588. The van der Waals surface area contributed by atoms with E-state index < -0.39 is 0 Å². The number of rotatable bonds is 4. The van der Waals surface area contributed by atoms with Gasteiger partial charge in [0.1, 0.15) is 13.2 Å². The number of benzene rings is 1. The zero-order valence-electron chi connectivity index (χ0n) is 13.1. The summed E-state index contributed by atoms with van der Waals surface area (Å²) in [6, 6.07) is 5.55. The van der Waals surface area contributed by atoms with Crippen molar-refractivity contribution >= 4 is 11.6 Å². The maximum atomic E-state index is 12.1. The summed E-state index contributed by atoms with van der Waals surface area (Å²) >= 11 is 0. The fourth-order valence-electron chi connectivity index (χ4n) is 3.03. The van der Waals surface area contributed by atoms with Crippen molar-refractivity contribution in [1.82, 2.24) is 4.90 Å². The number of likely N-dealkylation sites (tertiary alicyclic amines) is 1. The molecule has 1 amide bonds. The summed E-state index contributed by atoms with van der Waals surface area (Å²) < 4.78 is 11.0. The van der Waals surface area contributed by atoms with Gasteiger partial charge in [0.2, 0.25) is 5.91 Å². The first kappa shape index (κ1) is 15.2. The second kappa shape index (κ2) is 7.01. The third kappa shape index (κ3) is 3.91. The third-order valence-corrected chi connectivity index (χ3v) is 4.44. The van der Waals surface area contributed by atoms with Gasteiger partial charge >= 0.3 is 0 Å². The number of hydrogen-bond donors (Lipinski definition) is 1. The first-order valence-electron chi connectivity index (χ1n) is 8.09. The van der Waals surface area contributed by atoms with E-state index in [0.717, 1.165) is 30.9 Å². The molecule has 120 valence electrons. The highest BCUT2D eigenvalue weighted by Crippen LogP contribution is 2.32. The summed E-state index contributed by atoms with van der Waals surface area (Å²) in [7, 11) is 2.16. The number of ether oxygens (including phenoxy) is 2. The average Bonchev–Trinajstić information content (AvgIpc) is 2.54. The Morgan fingerprint density at radius 2 is 1.95 bits per heavy atom. The van der Waals surface area contributed by atoms with Crippen LogP contribution in [0.25, 0.3) is 0 Å². The Labute approximate surface area is 131 Å². The lowest BCUT2D eigenvalue weighted by Gasteiger charge is -2.28. The molecule has 5 nitrogen and oxygen atoms in total. The first-order chi connectivity index (χ1) is 10.7. The normalized spacial score (nSPS) is 19.0. The second-order valence-electron chi connectivity index (χ2n) is 6.19. The minimum atomic E-state index is 0.0793. The Morgan fingerprint density at radius 3 is 2.73 bits per heavy atom. The van der Waals surface area contributed by atoms with Crippen LogP contribution >= 0.6 is 0 Å². The van der Waals surface area contributed by atoms with Crippen molar-refractivity contribution in [2.45, 2.75) is 25.7 Å². The van der Waals surface area contributed by atoms with Gasteiger partial charge < -0.3 is 19.7 Å². The van der Waals surface area contributed by atoms with Crippen LogP contribution in [-0.4, -0.2) is 44.2 Å². The van der Waals surface area contributed by atoms with Crippen molar-refractivity contribution in [2.24, 2.45) is 5.92 Å². The molecule has 2 heterocycles. The van der Waals surface area contributed by atoms with Gasteiger partial charge in [0.15, 0.2) is 11.5 Å². The zero-order chi connectivity index (χ0) is 15.4. The Morgan fingerprint density at radius 1 is 1.23 bits per heavy atom. The molecule has 1 aromatic rings. The van der Waals surface area contributed by atoms with Crippen LogP contribution in [0.5, 0.6) is 11.5 Å². The smallest absolute Gasteiger partial charge is 0.224 e. The summed E-state index contributed by atoms with van der Waals surface area (Å²) in [5.74, 6) is 2.22. The summed E-state index contributed by atoms with van der Waals surface area (Å²) in [6.07, 6.45) is 3.97. The van der Waals surface area contributed by atoms with Crippen molar-refractivity contribution in [3.8, 4) is 11.5 Å². The molecule has 1 fully saturated rings. The Bertz CT molecular complexity index is 525. The largest absolute Gasteiger partial charge is 0.486 e. The molecular formula is C17H24N2O3. The highest BCUT2D eigenvalue weighted by atomic mass is 16.6. The molecule has 2 aliphatic rings. The maximum absolute atomic E-state index is 12.1. The van der Waals surface area contributed by atoms with E-state index in [-0.39, 0.29) is 5.91 Å². The number of carbonyl (C=O) groups is 1. The van der Waals surface area contributed by atoms with Crippen molar-refractivity contribution in [3.05, 3.63) is 18.2 Å². The molecule has 1 saturated heterocycles. The number of nitrogens with one attached hydrogen (secondary N) is 1. The molecule has 0 bridgehead atoms. The van der Waals surface area contributed by atoms with Crippen LogP contribution in [-0.2, 0) is 4.79 Å². The number of fused-ring (bicyclic) bond motifs is 1. The van der Waals surface area contributed by atoms with Crippen LogP contribution < -0.4 is 14.8 Å². The van der Waals surface area contributed by atoms with Crippen molar-refractivity contribution < 1.29 is 14.3 Å². The van der Waals surface area contributed by atoms with E-state index in [4.69, 9.17) is 9.47 Å². The highest BCUT2D eigenvalue weighted by molar-refractivity contribution is 5.91. The maximum Gasteiger partial charge on any atom is 0.224 e. The molecule has 5 heteroatoms. The number of nitrogens with zero attached hydrogens (tertiary/aromatic N) is 1. The predicted molar refractivity (Wildman–Crippen MR) is 85.5 cm³/mol. The Kier molecular flexibility index (Phi) is 4.83. The minimum absolute atomic E-state index is 0.0793. The lowest BCUT2D eigenvalue weighted by Crippen LogP contribution is -2.30. The van der Waals surface area contributed by atoms with Crippen LogP contribution in [0.15, 0.2) is 18.2 Å². The molecular weight excluding hydrogens is 280 g/mol. The average molecular weight is 304 g/mol. The first-order valence-corrected chi connectivity index (χ1v) is 8.09. The summed E-state index contributed by atoms with van der Waals surface area (Å²) in [5, 5.41) is 2.96. The molecule has 0 atom stereocenters. The van der Waals surface area contributed by atoms with Crippen molar-refractivity contribution in [2.75, 3.05) is 38.7 Å². The van der Waals surface area contributed by atoms with E-state index in [1.807, 2.05) is 18.2 Å². The van der Waals surface area contributed by atoms with E-state index >= 15 is 0 Å². The van der Waals surface area contributed by atoms with Crippen LogP contribution in [0.4, 0.5) is 5.69 Å². The Balaban J connectivity index is 1.47. The number of piperidine rings is 1. The van der Waals surface area contributed by atoms with Gasteiger partial charge in [-0.25, -0.2) is 0 Å². The highest BCUT2D eigenvalue weighted by Gasteiger charge is 2.18. The van der Waals surface area contributed by atoms with Gasteiger partial charge in [-0.1, -0.05) is 0 Å². The van der Waals surface area contributed by atoms with Gasteiger partial charge in [0.05, 0.1) is 0 Å². The number of hydrogen-bond acceptors (Lipinski definition) is 4. The zero-order valence-corrected chi connectivity index (χ0v) is 13.1. The van der Waals surface area contributed by atoms with Gasteiger partial charge in [-0.2, -0.15) is 0 Å². The molecule has 0 aliphatic carbocycles. The van der Waals surface area contributed by atoms with Crippen LogP contribution in [0.1, 0.15) is 25.7 Å². The summed E-state index contributed by atoms with van der Waals surface area (Å²) in [5.41, 5.74) is 0.776. The molecule has 0 spiro atoms. The molecule has 0 unspecified atom stereocenters. The quantitative estimate of drug-likeness (QED) is 0.928. The summed E-state index contributed by atoms with van der Waals surface area (Å²) in [4.78, 5) is 14.4. The lowest BCUT2D eigenvalue weighted by atomic mass is 9.92. The van der Waals surface area contributed by atoms with E-state index in [1.165, 1.54) is 12.8 Å². The SMILES string of the molecule is CN1CCC(CCC(=O)Nc2ccc3c(c2)OCCO3)CC1. The molecule has 1 aromatic carbocycles. The van der Waals surface area contributed by atoms with E-state index in [9.17, 15) is 4.79 Å². The summed E-state index contributed by atoms with van der Waals surface area (Å²) in [6.45, 7) is 3.43. The number of amides is 1. The molecule has 1 N–H and O–H groups in total. The second-order valence-corrected chi connectivity index (χ2v) is 6.19. The van der Waals surface area contributed by atoms with Crippen LogP contribution in [0.3, 0.4) is 0 Å². The molecule has 0 radical (unpaired) electrons.